The van der Waals surface area contributed by atoms with Crippen LogP contribution in [-0.4, -0.2) is 16.6 Å². The number of hydrogen-bond acceptors (Lipinski definition) is 2. The summed E-state index contributed by atoms with van der Waals surface area (Å²) in [5, 5.41) is 6.06. The van der Waals surface area contributed by atoms with Gasteiger partial charge >= 0.3 is 0 Å². The lowest BCUT2D eigenvalue weighted by molar-refractivity contribution is 0.492. The third-order valence-corrected chi connectivity index (χ3v) is 4.04. The van der Waals surface area contributed by atoms with Crippen LogP contribution in [0.4, 0.5) is 0 Å². The molecule has 3 rings (SSSR count). The lowest BCUT2D eigenvalue weighted by Gasteiger charge is -2.20. The Labute approximate surface area is 125 Å². The van der Waals surface area contributed by atoms with Gasteiger partial charge in [0, 0.05) is 25.4 Å². The molecular weight excluding hydrogens is 258 g/mol. The summed E-state index contributed by atoms with van der Waals surface area (Å²) in [6.45, 7) is 3.04. The van der Waals surface area contributed by atoms with Crippen molar-refractivity contribution in [2.45, 2.75) is 25.9 Å². The zero-order valence-corrected chi connectivity index (χ0v) is 12.6. The topological polar surface area (TPSA) is 29.9 Å². The highest BCUT2D eigenvalue weighted by molar-refractivity contribution is 5.86. The summed E-state index contributed by atoms with van der Waals surface area (Å²) in [5.74, 6) is 1.13. The summed E-state index contributed by atoms with van der Waals surface area (Å²) in [7, 11) is 2.02. The van der Waals surface area contributed by atoms with Gasteiger partial charge in [0.15, 0.2) is 0 Å². The molecule has 0 radical (unpaired) electrons. The number of fused-ring (bicyclic) bond motifs is 1. The molecule has 0 fully saturated rings. The van der Waals surface area contributed by atoms with Crippen LogP contribution in [0.1, 0.15) is 24.4 Å². The van der Waals surface area contributed by atoms with E-state index in [-0.39, 0.29) is 6.04 Å². The molecule has 3 nitrogen and oxygen atoms in total. The maximum atomic E-state index is 4.41. The molecule has 0 aliphatic heterocycles. The van der Waals surface area contributed by atoms with Gasteiger partial charge in [-0.3, -0.25) is 0 Å². The summed E-state index contributed by atoms with van der Waals surface area (Å²) >= 11 is 0. The van der Waals surface area contributed by atoms with Gasteiger partial charge in [-0.15, -0.1) is 0 Å². The number of aryl methyl sites for hydroxylation is 1. The van der Waals surface area contributed by atoms with E-state index >= 15 is 0 Å². The number of nitrogens with zero attached hydrogens (tertiary/aromatic N) is 2. The van der Waals surface area contributed by atoms with Crippen LogP contribution in [0.25, 0.3) is 10.8 Å². The summed E-state index contributed by atoms with van der Waals surface area (Å²) in [4.78, 5) is 4.41. The lowest BCUT2D eigenvalue weighted by Crippen LogP contribution is -2.23. The van der Waals surface area contributed by atoms with Gasteiger partial charge in [0.05, 0.1) is 6.04 Å². The van der Waals surface area contributed by atoms with E-state index in [1.807, 2.05) is 13.2 Å². The van der Waals surface area contributed by atoms with Crippen molar-refractivity contribution in [1.29, 1.82) is 0 Å². The van der Waals surface area contributed by atoms with Crippen molar-refractivity contribution in [3.63, 3.8) is 0 Å². The Morgan fingerprint density at radius 2 is 1.95 bits per heavy atom. The largest absolute Gasteiger partial charge is 0.333 e. The second-order valence-corrected chi connectivity index (χ2v) is 5.26. The van der Waals surface area contributed by atoms with E-state index in [4.69, 9.17) is 0 Å². The average Bonchev–Trinajstić information content (AvgIpc) is 2.99. The van der Waals surface area contributed by atoms with Crippen LogP contribution in [0.3, 0.4) is 0 Å². The van der Waals surface area contributed by atoms with Gasteiger partial charge in [0.25, 0.3) is 0 Å². The molecule has 1 N–H and O–H groups in total. The molecule has 2 aromatic carbocycles. The quantitative estimate of drug-likeness (QED) is 0.774. The number of hydrogen-bond donors (Lipinski definition) is 1. The van der Waals surface area contributed by atoms with Gasteiger partial charge < -0.3 is 9.88 Å². The highest BCUT2D eigenvalue weighted by atomic mass is 15.1. The number of imidazole rings is 1. The van der Waals surface area contributed by atoms with E-state index in [1.165, 1.54) is 16.3 Å². The van der Waals surface area contributed by atoms with Crippen molar-refractivity contribution >= 4 is 10.8 Å². The fourth-order valence-corrected chi connectivity index (χ4v) is 2.92. The molecule has 0 saturated carbocycles. The monoisotopic (exact) mass is 279 g/mol. The molecule has 1 atom stereocenters. The molecule has 1 unspecified atom stereocenters. The molecule has 0 spiro atoms. The van der Waals surface area contributed by atoms with Gasteiger partial charge in [0.2, 0.25) is 0 Å². The summed E-state index contributed by atoms with van der Waals surface area (Å²) in [6.07, 6.45) is 4.90. The predicted molar refractivity (Wildman–Crippen MR) is 87.4 cm³/mol. The van der Waals surface area contributed by atoms with Crippen LogP contribution in [0, 0.1) is 0 Å². The van der Waals surface area contributed by atoms with Crippen LogP contribution in [0.15, 0.2) is 54.9 Å². The van der Waals surface area contributed by atoms with Crippen LogP contribution < -0.4 is 5.32 Å². The minimum atomic E-state index is 0.274. The van der Waals surface area contributed by atoms with E-state index in [1.54, 1.807) is 0 Å². The molecule has 0 bridgehead atoms. The first kappa shape index (κ1) is 13.8. The van der Waals surface area contributed by atoms with Gasteiger partial charge in [-0.05, 0) is 23.4 Å². The molecule has 1 heterocycles. The molecule has 3 heteroatoms. The standard InChI is InChI=1S/C18H21N3/c1-3-18-20-11-12-21(18)13-17(19-2)16-10-6-8-14-7-4-5-9-15(14)16/h4-12,17,19H,3,13H2,1-2H3. The predicted octanol–water partition coefficient (Wildman–Crippen LogP) is 3.56. The highest BCUT2D eigenvalue weighted by Crippen LogP contribution is 2.25. The molecule has 0 aliphatic rings. The van der Waals surface area contributed by atoms with E-state index in [0.717, 1.165) is 18.8 Å². The first-order valence-corrected chi connectivity index (χ1v) is 7.48. The van der Waals surface area contributed by atoms with Crippen molar-refractivity contribution in [2.75, 3.05) is 7.05 Å². The van der Waals surface area contributed by atoms with Crippen LogP contribution >= 0.6 is 0 Å². The maximum Gasteiger partial charge on any atom is 0.108 e. The Morgan fingerprint density at radius 1 is 1.14 bits per heavy atom. The van der Waals surface area contributed by atoms with Crippen LogP contribution in [0.5, 0.6) is 0 Å². The van der Waals surface area contributed by atoms with E-state index in [0.29, 0.717) is 0 Å². The van der Waals surface area contributed by atoms with Gasteiger partial charge in [0.1, 0.15) is 5.82 Å². The first-order valence-electron chi connectivity index (χ1n) is 7.48. The van der Waals surface area contributed by atoms with Crippen LogP contribution in [0.2, 0.25) is 0 Å². The van der Waals surface area contributed by atoms with Crippen molar-refractivity contribution < 1.29 is 0 Å². The fourth-order valence-electron chi connectivity index (χ4n) is 2.92. The zero-order valence-electron chi connectivity index (χ0n) is 12.6. The SMILES string of the molecule is CCc1nccn1CC(NC)c1cccc2ccccc12. The van der Waals surface area contributed by atoms with E-state index < -0.39 is 0 Å². The minimum Gasteiger partial charge on any atom is -0.333 e. The Hall–Kier alpha value is -2.13. The van der Waals surface area contributed by atoms with Gasteiger partial charge in [-0.2, -0.15) is 0 Å². The number of rotatable bonds is 5. The van der Waals surface area contributed by atoms with E-state index in [2.05, 4.69) is 70.5 Å². The number of nitrogens with one attached hydrogen (secondary N) is 1. The Kier molecular flexibility index (Phi) is 4.02. The summed E-state index contributed by atoms with van der Waals surface area (Å²) in [5.41, 5.74) is 1.34. The smallest absolute Gasteiger partial charge is 0.108 e. The van der Waals surface area contributed by atoms with Crippen LogP contribution in [-0.2, 0) is 13.0 Å². The molecule has 108 valence electrons. The molecular formula is C18H21N3. The zero-order chi connectivity index (χ0) is 14.7. The molecule has 21 heavy (non-hydrogen) atoms. The molecule has 0 aliphatic carbocycles. The Morgan fingerprint density at radius 3 is 2.76 bits per heavy atom. The fraction of sp³-hybridized carbons (Fsp3) is 0.278. The second kappa shape index (κ2) is 6.10. The second-order valence-electron chi connectivity index (χ2n) is 5.26. The normalized spacial score (nSPS) is 12.7. The lowest BCUT2D eigenvalue weighted by atomic mass is 9.98. The summed E-state index contributed by atoms with van der Waals surface area (Å²) in [6, 6.07) is 15.3. The Balaban J connectivity index is 1.99. The molecule has 3 aromatic rings. The van der Waals surface area contributed by atoms with Crippen molar-refractivity contribution in [3.05, 3.63) is 66.2 Å². The third-order valence-electron chi connectivity index (χ3n) is 4.04. The number of benzene rings is 2. The van der Waals surface area contributed by atoms with Crippen molar-refractivity contribution in [1.82, 2.24) is 14.9 Å². The highest BCUT2D eigenvalue weighted by Gasteiger charge is 2.14. The maximum absolute atomic E-state index is 4.41. The minimum absolute atomic E-state index is 0.274. The van der Waals surface area contributed by atoms with E-state index in [9.17, 15) is 0 Å². The molecule has 1 aromatic heterocycles. The summed E-state index contributed by atoms with van der Waals surface area (Å²) < 4.78 is 2.24. The average molecular weight is 279 g/mol. The van der Waals surface area contributed by atoms with Crippen molar-refractivity contribution in [2.24, 2.45) is 0 Å². The van der Waals surface area contributed by atoms with Crippen molar-refractivity contribution in [3.8, 4) is 0 Å². The first-order chi connectivity index (χ1) is 10.3. The Bertz CT molecular complexity index is 725. The number of likely N-dealkylation sites (N-methyl/N-ethyl adjacent to an activating group) is 1. The van der Waals surface area contributed by atoms with Gasteiger partial charge in [-0.1, -0.05) is 49.4 Å². The third kappa shape index (κ3) is 2.69. The number of aromatic nitrogens is 2. The molecule has 0 amide bonds. The molecule has 0 saturated heterocycles. The van der Waals surface area contributed by atoms with Gasteiger partial charge in [-0.25, -0.2) is 4.98 Å².